The van der Waals surface area contributed by atoms with Gasteiger partial charge in [-0.05, 0) is 81.8 Å². The van der Waals surface area contributed by atoms with Gasteiger partial charge in [-0.1, -0.05) is 83.6 Å². The maximum Gasteiger partial charge on any atom is 0.0591 e. The van der Waals surface area contributed by atoms with Crippen molar-refractivity contribution in [3.63, 3.8) is 0 Å². The molecular weight excluding hydrogens is 368 g/mol. The Morgan fingerprint density at radius 2 is 1.90 bits per heavy atom. The highest BCUT2D eigenvalue weighted by Crippen LogP contribution is 2.33. The minimum absolute atomic E-state index is 0.216. The van der Waals surface area contributed by atoms with Crippen LogP contribution in [0.1, 0.15) is 112 Å². The van der Waals surface area contributed by atoms with Gasteiger partial charge in [0, 0.05) is 0 Å². The fourth-order valence-electron chi connectivity index (χ4n) is 4.82. The Labute approximate surface area is 187 Å². The Kier molecular flexibility index (Phi) is 12.3. The summed E-state index contributed by atoms with van der Waals surface area (Å²) in [7, 11) is 0. The predicted molar refractivity (Wildman–Crippen MR) is 132 cm³/mol. The highest BCUT2D eigenvalue weighted by molar-refractivity contribution is 5.36. The average Bonchev–Trinajstić information content (AvgIpc) is 2.64. The molecule has 0 radical (unpaired) electrons. The van der Waals surface area contributed by atoms with Crippen molar-refractivity contribution in [2.75, 3.05) is 0 Å². The summed E-state index contributed by atoms with van der Waals surface area (Å²) in [5.74, 6) is 1.95. The van der Waals surface area contributed by atoms with E-state index in [2.05, 4.69) is 46.4 Å². The number of rotatable bonds is 13. The third-order valence-electron chi connectivity index (χ3n) is 6.97. The van der Waals surface area contributed by atoms with Crippen molar-refractivity contribution in [1.29, 1.82) is 0 Å². The lowest BCUT2D eigenvalue weighted by Crippen LogP contribution is -2.21. The Balaban J connectivity index is 2.41. The van der Waals surface area contributed by atoms with Crippen LogP contribution in [0, 0.1) is 17.8 Å². The van der Waals surface area contributed by atoms with Crippen LogP contribution in [-0.4, -0.2) is 21.9 Å². The van der Waals surface area contributed by atoms with Crippen LogP contribution >= 0.6 is 0 Å². The maximum absolute atomic E-state index is 10.0. The average molecular weight is 419 g/mol. The smallest absolute Gasteiger partial charge is 0.0591 e. The number of hydrogen-bond acceptors (Lipinski definition) is 2. The zero-order chi connectivity index (χ0) is 22.7. The zero-order valence-electron chi connectivity index (χ0n) is 20.8. The Morgan fingerprint density at radius 3 is 2.53 bits per heavy atom. The first kappa shape index (κ1) is 27.2. The molecule has 30 heavy (non-hydrogen) atoms. The number of aliphatic hydroxyl groups is 2. The van der Waals surface area contributed by atoms with E-state index in [9.17, 15) is 10.2 Å². The molecule has 0 spiro atoms. The van der Waals surface area contributed by atoms with Gasteiger partial charge in [-0.2, -0.15) is 0 Å². The summed E-state index contributed by atoms with van der Waals surface area (Å²) < 4.78 is 0. The number of hydrogen-bond donors (Lipinski definition) is 2. The van der Waals surface area contributed by atoms with Crippen LogP contribution < -0.4 is 0 Å². The molecule has 0 aromatic heterocycles. The van der Waals surface area contributed by atoms with E-state index in [1.165, 1.54) is 55.2 Å². The summed E-state index contributed by atoms with van der Waals surface area (Å²) in [6.07, 6.45) is 16.7. The van der Waals surface area contributed by atoms with Crippen molar-refractivity contribution in [2.45, 2.75) is 124 Å². The summed E-state index contributed by atoms with van der Waals surface area (Å²) in [5.41, 5.74) is 3.32. The molecule has 0 aromatic rings. The largest absolute Gasteiger partial charge is 0.393 e. The van der Waals surface area contributed by atoms with E-state index in [1.807, 2.05) is 13.8 Å². The molecule has 0 heterocycles. The second kappa shape index (κ2) is 13.5. The van der Waals surface area contributed by atoms with Crippen LogP contribution in [0.25, 0.3) is 0 Å². The van der Waals surface area contributed by atoms with Crippen LogP contribution in [0.5, 0.6) is 0 Å². The topological polar surface area (TPSA) is 40.5 Å². The van der Waals surface area contributed by atoms with E-state index in [0.717, 1.165) is 43.9 Å². The Bertz CT molecular complexity index is 564. The van der Waals surface area contributed by atoms with Gasteiger partial charge in [0.1, 0.15) is 0 Å². The van der Waals surface area contributed by atoms with Crippen molar-refractivity contribution in [3.8, 4) is 0 Å². The van der Waals surface area contributed by atoms with Crippen LogP contribution in [0.15, 0.2) is 35.5 Å². The lowest BCUT2D eigenvalue weighted by atomic mass is 9.80. The summed E-state index contributed by atoms with van der Waals surface area (Å²) >= 11 is 0. The maximum atomic E-state index is 10.0. The summed E-state index contributed by atoms with van der Waals surface area (Å²) in [6.45, 7) is 17.2. The molecule has 2 N–H and O–H groups in total. The molecule has 0 amide bonds. The number of unbranched alkanes of at least 4 members (excludes halogenated alkanes) is 1. The molecule has 1 fully saturated rings. The van der Waals surface area contributed by atoms with Gasteiger partial charge in [-0.25, -0.2) is 0 Å². The van der Waals surface area contributed by atoms with Crippen molar-refractivity contribution >= 4 is 0 Å². The minimum Gasteiger partial charge on any atom is -0.393 e. The molecule has 0 aliphatic heterocycles. The summed E-state index contributed by atoms with van der Waals surface area (Å²) in [4.78, 5) is 0. The van der Waals surface area contributed by atoms with Gasteiger partial charge in [0.05, 0.1) is 11.7 Å². The van der Waals surface area contributed by atoms with Gasteiger partial charge < -0.3 is 10.2 Å². The molecule has 1 unspecified atom stereocenters. The van der Waals surface area contributed by atoms with Crippen molar-refractivity contribution < 1.29 is 10.2 Å². The highest BCUT2D eigenvalue weighted by Gasteiger charge is 2.23. The fraction of sp³-hybridized carbons (Fsp3) is 0.786. The molecule has 1 saturated carbocycles. The molecule has 1 aliphatic rings. The Hall–Kier alpha value is -0.860. The second-order valence-corrected chi connectivity index (χ2v) is 10.7. The van der Waals surface area contributed by atoms with E-state index >= 15 is 0 Å². The van der Waals surface area contributed by atoms with Crippen molar-refractivity contribution in [3.05, 3.63) is 35.5 Å². The van der Waals surface area contributed by atoms with Crippen LogP contribution in [0.2, 0.25) is 0 Å². The molecule has 174 valence electrons. The Morgan fingerprint density at radius 1 is 1.20 bits per heavy atom. The molecule has 4 atom stereocenters. The van der Waals surface area contributed by atoms with Gasteiger partial charge in [0.15, 0.2) is 0 Å². The number of allylic oxidation sites excluding steroid dienone is 4. The van der Waals surface area contributed by atoms with Crippen LogP contribution in [0.3, 0.4) is 0 Å². The molecule has 1 rings (SSSR count). The van der Waals surface area contributed by atoms with Crippen molar-refractivity contribution in [2.24, 2.45) is 17.8 Å². The molecule has 0 aromatic carbocycles. The van der Waals surface area contributed by atoms with Gasteiger partial charge in [-0.3, -0.25) is 0 Å². The van der Waals surface area contributed by atoms with Crippen LogP contribution in [0.4, 0.5) is 0 Å². The number of aliphatic hydroxyl groups excluding tert-OH is 1. The first-order valence-corrected chi connectivity index (χ1v) is 12.5. The first-order chi connectivity index (χ1) is 14.0. The van der Waals surface area contributed by atoms with Gasteiger partial charge in [0.25, 0.3) is 0 Å². The fourth-order valence-corrected chi connectivity index (χ4v) is 4.82. The van der Waals surface area contributed by atoms with Gasteiger partial charge in [0.2, 0.25) is 0 Å². The van der Waals surface area contributed by atoms with E-state index in [4.69, 9.17) is 0 Å². The van der Waals surface area contributed by atoms with Gasteiger partial charge in [-0.15, -0.1) is 0 Å². The normalized spacial score (nSPS) is 24.3. The molecular formula is C28H50O2. The van der Waals surface area contributed by atoms with E-state index < -0.39 is 5.60 Å². The predicted octanol–water partition coefficient (Wildman–Crippen LogP) is 7.76. The quantitative estimate of drug-likeness (QED) is 0.300. The van der Waals surface area contributed by atoms with Gasteiger partial charge >= 0.3 is 0 Å². The third-order valence-corrected chi connectivity index (χ3v) is 6.97. The summed E-state index contributed by atoms with van der Waals surface area (Å²) in [5, 5.41) is 20.0. The standard InChI is InChI=1S/C28H50O2/c1-8-12-25(22(3)14-11-18-28(6,7)30)15-10-9-13-21(2)16-17-26-20-27(29)19-23(4)24(26)5/h16-17,22-23,25,27,29-30H,5,8-15,18-20H2,1-4,6-7H3/b21-16-,26-17-/t22-,23+,25?,27+/m1/s1. The van der Waals surface area contributed by atoms with Crippen LogP contribution in [-0.2, 0) is 0 Å². The van der Waals surface area contributed by atoms with Crippen molar-refractivity contribution in [1.82, 2.24) is 0 Å². The second-order valence-electron chi connectivity index (χ2n) is 10.7. The molecule has 0 bridgehead atoms. The molecule has 2 nitrogen and oxygen atoms in total. The first-order valence-electron chi connectivity index (χ1n) is 12.5. The monoisotopic (exact) mass is 418 g/mol. The van der Waals surface area contributed by atoms with E-state index in [0.29, 0.717) is 5.92 Å². The van der Waals surface area contributed by atoms with E-state index in [-0.39, 0.29) is 6.10 Å². The molecule has 2 heteroatoms. The molecule has 1 aliphatic carbocycles. The zero-order valence-corrected chi connectivity index (χ0v) is 20.8. The van der Waals surface area contributed by atoms with E-state index in [1.54, 1.807) is 0 Å². The lowest BCUT2D eigenvalue weighted by Gasteiger charge is -2.27. The third kappa shape index (κ3) is 11.0. The lowest BCUT2D eigenvalue weighted by molar-refractivity contribution is 0.0657. The summed E-state index contributed by atoms with van der Waals surface area (Å²) in [6, 6.07) is 0. The SMILES string of the molecule is C=C1/C(=C\C=C(\C)CCCCC(CCC)[C@H](C)CCCC(C)(C)O)C[C@@H](O)C[C@@H]1C. The minimum atomic E-state index is -0.529. The molecule has 0 saturated heterocycles. The highest BCUT2D eigenvalue weighted by atomic mass is 16.3.